The number of hydrogen-bond acceptors (Lipinski definition) is 6. The molecule has 7 heteroatoms. The molecule has 0 saturated carbocycles. The first-order valence-corrected chi connectivity index (χ1v) is 6.40. The second kappa shape index (κ2) is 8.60. The van der Waals surface area contributed by atoms with Gasteiger partial charge in [-0.25, -0.2) is 0 Å². The topological polar surface area (TPSA) is 97.5 Å². The quantitative estimate of drug-likeness (QED) is 0.660. The van der Waals surface area contributed by atoms with Crippen molar-refractivity contribution in [3.05, 3.63) is 11.7 Å². The molecule has 19 heavy (non-hydrogen) atoms. The van der Waals surface area contributed by atoms with E-state index in [2.05, 4.69) is 15.5 Å². The van der Waals surface area contributed by atoms with E-state index in [9.17, 15) is 4.79 Å². The Kier molecular flexibility index (Phi) is 7.06. The number of hydrogen-bond donors (Lipinski definition) is 2. The third kappa shape index (κ3) is 5.80. The highest BCUT2D eigenvalue weighted by molar-refractivity contribution is 5.76. The fourth-order valence-corrected chi connectivity index (χ4v) is 1.58. The van der Waals surface area contributed by atoms with E-state index >= 15 is 0 Å². The van der Waals surface area contributed by atoms with E-state index in [1.807, 2.05) is 6.92 Å². The standard InChI is InChI=1S/C12H21N3O4/c1-3-4-10-14-12(19-15-10)6-5-11(17)13-9(7-16)8-18-2/h9,16H,3-8H2,1-2H3,(H,13,17). The van der Waals surface area contributed by atoms with E-state index in [1.54, 1.807) is 0 Å². The first kappa shape index (κ1) is 15.6. The van der Waals surface area contributed by atoms with E-state index in [4.69, 9.17) is 14.4 Å². The van der Waals surface area contributed by atoms with Crippen LogP contribution in [0.25, 0.3) is 0 Å². The van der Waals surface area contributed by atoms with Crippen LogP contribution in [-0.4, -0.2) is 47.5 Å². The zero-order valence-corrected chi connectivity index (χ0v) is 11.4. The molecule has 0 aromatic carbocycles. The molecule has 1 rings (SSSR count). The largest absolute Gasteiger partial charge is 0.394 e. The number of ether oxygens (including phenoxy) is 1. The molecule has 0 radical (unpaired) electrons. The Morgan fingerprint density at radius 1 is 1.53 bits per heavy atom. The van der Waals surface area contributed by atoms with Gasteiger partial charge in [-0.3, -0.25) is 4.79 Å². The molecule has 0 aliphatic carbocycles. The Morgan fingerprint density at radius 2 is 2.32 bits per heavy atom. The van der Waals surface area contributed by atoms with Crippen LogP contribution in [0.4, 0.5) is 0 Å². The molecule has 2 N–H and O–H groups in total. The van der Waals surface area contributed by atoms with Crippen molar-refractivity contribution in [2.24, 2.45) is 0 Å². The number of nitrogens with one attached hydrogen (secondary N) is 1. The van der Waals surface area contributed by atoms with Crippen LogP contribution >= 0.6 is 0 Å². The first-order chi connectivity index (χ1) is 9.19. The van der Waals surface area contributed by atoms with E-state index < -0.39 is 0 Å². The fourth-order valence-electron chi connectivity index (χ4n) is 1.58. The Balaban J connectivity index is 2.32. The third-order valence-corrected chi connectivity index (χ3v) is 2.50. The lowest BCUT2D eigenvalue weighted by molar-refractivity contribution is -0.122. The minimum atomic E-state index is -0.379. The van der Waals surface area contributed by atoms with Crippen LogP contribution in [0.1, 0.15) is 31.5 Å². The van der Waals surface area contributed by atoms with Crippen molar-refractivity contribution in [2.45, 2.75) is 38.6 Å². The number of amides is 1. The number of methoxy groups -OCH3 is 1. The third-order valence-electron chi connectivity index (χ3n) is 2.50. The van der Waals surface area contributed by atoms with Gasteiger partial charge in [-0.15, -0.1) is 0 Å². The lowest BCUT2D eigenvalue weighted by Crippen LogP contribution is -2.40. The van der Waals surface area contributed by atoms with E-state index in [-0.39, 0.29) is 31.6 Å². The summed E-state index contributed by atoms with van der Waals surface area (Å²) in [5.74, 6) is 0.961. The second-order valence-corrected chi connectivity index (χ2v) is 4.26. The summed E-state index contributed by atoms with van der Waals surface area (Å²) in [4.78, 5) is 15.8. The minimum absolute atomic E-state index is 0.152. The van der Waals surface area contributed by atoms with Crippen molar-refractivity contribution in [1.29, 1.82) is 0 Å². The molecular weight excluding hydrogens is 250 g/mol. The molecule has 108 valence electrons. The molecule has 1 heterocycles. The van der Waals surface area contributed by atoms with Gasteiger partial charge in [0.2, 0.25) is 11.8 Å². The lowest BCUT2D eigenvalue weighted by atomic mass is 10.2. The first-order valence-electron chi connectivity index (χ1n) is 6.40. The van der Waals surface area contributed by atoms with Gasteiger partial charge in [0, 0.05) is 26.4 Å². The van der Waals surface area contributed by atoms with Crippen molar-refractivity contribution in [3.8, 4) is 0 Å². The number of carbonyl (C=O) groups excluding carboxylic acids is 1. The summed E-state index contributed by atoms with van der Waals surface area (Å²) < 4.78 is 9.90. The van der Waals surface area contributed by atoms with E-state index in [0.29, 0.717) is 18.1 Å². The number of aliphatic hydroxyl groups excluding tert-OH is 1. The normalized spacial score (nSPS) is 12.4. The van der Waals surface area contributed by atoms with Crippen molar-refractivity contribution in [2.75, 3.05) is 20.3 Å². The van der Waals surface area contributed by atoms with Crippen LogP contribution in [0.2, 0.25) is 0 Å². The molecule has 7 nitrogen and oxygen atoms in total. The van der Waals surface area contributed by atoms with E-state index in [0.717, 1.165) is 12.8 Å². The SMILES string of the molecule is CCCc1noc(CCC(=O)NC(CO)COC)n1. The summed E-state index contributed by atoms with van der Waals surface area (Å²) in [7, 11) is 1.52. The summed E-state index contributed by atoms with van der Waals surface area (Å²) in [5, 5.41) is 15.5. The van der Waals surface area contributed by atoms with Crippen LogP contribution < -0.4 is 5.32 Å². The Morgan fingerprint density at radius 3 is 2.95 bits per heavy atom. The maximum absolute atomic E-state index is 11.6. The van der Waals surface area contributed by atoms with E-state index in [1.165, 1.54) is 7.11 Å². The monoisotopic (exact) mass is 271 g/mol. The van der Waals surface area contributed by atoms with Gasteiger partial charge in [0.25, 0.3) is 0 Å². The fraction of sp³-hybridized carbons (Fsp3) is 0.750. The number of aliphatic hydroxyl groups is 1. The molecule has 0 bridgehead atoms. The Hall–Kier alpha value is -1.47. The maximum atomic E-state index is 11.6. The summed E-state index contributed by atoms with van der Waals surface area (Å²) >= 11 is 0. The number of carbonyl (C=O) groups is 1. The van der Waals surface area contributed by atoms with Gasteiger partial charge in [-0.05, 0) is 6.42 Å². The van der Waals surface area contributed by atoms with Crippen LogP contribution in [-0.2, 0) is 22.4 Å². The zero-order valence-electron chi connectivity index (χ0n) is 11.4. The highest BCUT2D eigenvalue weighted by atomic mass is 16.5. The smallest absolute Gasteiger partial charge is 0.227 e. The minimum Gasteiger partial charge on any atom is -0.394 e. The molecule has 1 aromatic heterocycles. The summed E-state index contributed by atoms with van der Waals surface area (Å²) in [6.45, 7) is 2.17. The molecule has 1 aromatic rings. The molecule has 1 amide bonds. The zero-order chi connectivity index (χ0) is 14.1. The van der Waals surface area contributed by atoms with Crippen molar-refractivity contribution in [3.63, 3.8) is 0 Å². The second-order valence-electron chi connectivity index (χ2n) is 4.26. The summed E-state index contributed by atoms with van der Waals surface area (Å²) in [5.41, 5.74) is 0. The van der Waals surface area contributed by atoms with Crippen molar-refractivity contribution < 1.29 is 19.2 Å². The molecular formula is C12H21N3O4. The molecule has 1 atom stereocenters. The predicted molar refractivity (Wildman–Crippen MR) is 67.5 cm³/mol. The summed E-state index contributed by atoms with van der Waals surface area (Å²) in [6.07, 6.45) is 2.37. The van der Waals surface area contributed by atoms with Gasteiger partial charge in [-0.1, -0.05) is 12.1 Å². The average Bonchev–Trinajstić information content (AvgIpc) is 2.84. The molecule has 0 saturated heterocycles. The molecule has 0 fully saturated rings. The Bertz CT molecular complexity index is 381. The molecule has 0 spiro atoms. The molecule has 1 unspecified atom stereocenters. The lowest BCUT2D eigenvalue weighted by Gasteiger charge is -2.14. The maximum Gasteiger partial charge on any atom is 0.227 e. The highest BCUT2D eigenvalue weighted by Gasteiger charge is 2.13. The van der Waals surface area contributed by atoms with Gasteiger partial charge in [0.15, 0.2) is 5.82 Å². The predicted octanol–water partition coefficient (Wildman–Crippen LogP) is 0.0782. The average molecular weight is 271 g/mol. The van der Waals surface area contributed by atoms with Crippen LogP contribution in [0, 0.1) is 0 Å². The Labute approximate surface area is 112 Å². The van der Waals surface area contributed by atoms with Crippen molar-refractivity contribution >= 4 is 5.91 Å². The van der Waals surface area contributed by atoms with Gasteiger partial charge >= 0.3 is 0 Å². The number of aromatic nitrogens is 2. The van der Waals surface area contributed by atoms with Crippen LogP contribution in [0.3, 0.4) is 0 Å². The van der Waals surface area contributed by atoms with Gasteiger partial charge < -0.3 is 19.7 Å². The number of nitrogens with zero attached hydrogens (tertiary/aromatic N) is 2. The van der Waals surface area contributed by atoms with Crippen molar-refractivity contribution in [1.82, 2.24) is 15.5 Å². The number of aryl methyl sites for hydroxylation is 2. The highest BCUT2D eigenvalue weighted by Crippen LogP contribution is 2.03. The molecule has 0 aliphatic rings. The molecule has 0 aliphatic heterocycles. The van der Waals surface area contributed by atoms with Gasteiger partial charge in [-0.2, -0.15) is 4.98 Å². The van der Waals surface area contributed by atoms with Crippen LogP contribution in [0.15, 0.2) is 4.52 Å². The number of rotatable bonds is 9. The van der Waals surface area contributed by atoms with Gasteiger partial charge in [0.1, 0.15) is 0 Å². The summed E-state index contributed by atoms with van der Waals surface area (Å²) in [6, 6.07) is -0.379. The van der Waals surface area contributed by atoms with Gasteiger partial charge in [0.05, 0.1) is 19.3 Å². The van der Waals surface area contributed by atoms with Crippen LogP contribution in [0.5, 0.6) is 0 Å².